The zero-order chi connectivity index (χ0) is 14.4. The summed E-state index contributed by atoms with van der Waals surface area (Å²) in [6.07, 6.45) is 3.08. The summed E-state index contributed by atoms with van der Waals surface area (Å²) in [5, 5.41) is 12.3. The van der Waals surface area contributed by atoms with Gasteiger partial charge in [0.05, 0.1) is 6.10 Å². The molecule has 0 amide bonds. The first kappa shape index (κ1) is 16.4. The van der Waals surface area contributed by atoms with E-state index in [-0.39, 0.29) is 6.04 Å². The quantitative estimate of drug-likeness (QED) is 0.732. The predicted molar refractivity (Wildman–Crippen MR) is 75.4 cm³/mol. The smallest absolute Gasteiger partial charge is 0.320 e. The Morgan fingerprint density at radius 3 is 2.68 bits per heavy atom. The number of carbonyl (C=O) groups is 1. The molecule has 5 nitrogen and oxygen atoms in total. The van der Waals surface area contributed by atoms with Gasteiger partial charge in [-0.1, -0.05) is 13.8 Å². The number of hydrogen-bond donors (Lipinski definition) is 2. The van der Waals surface area contributed by atoms with Gasteiger partial charge in [-0.3, -0.25) is 4.79 Å². The lowest BCUT2D eigenvalue weighted by Gasteiger charge is -2.37. The maximum atomic E-state index is 11.2. The first-order valence-corrected chi connectivity index (χ1v) is 7.19. The molecule has 3 unspecified atom stereocenters. The summed E-state index contributed by atoms with van der Waals surface area (Å²) in [5.41, 5.74) is 0. The van der Waals surface area contributed by atoms with Gasteiger partial charge < -0.3 is 20.1 Å². The van der Waals surface area contributed by atoms with Gasteiger partial charge in [0.15, 0.2) is 0 Å². The van der Waals surface area contributed by atoms with Crippen molar-refractivity contribution in [2.45, 2.75) is 64.3 Å². The van der Waals surface area contributed by atoms with Gasteiger partial charge in [-0.05, 0) is 26.2 Å². The molecule has 0 aromatic carbocycles. The molecule has 0 bridgehead atoms. The summed E-state index contributed by atoms with van der Waals surface area (Å²) in [4.78, 5) is 13.6. The van der Waals surface area contributed by atoms with Gasteiger partial charge in [0, 0.05) is 32.3 Å². The summed E-state index contributed by atoms with van der Waals surface area (Å²) in [7, 11) is 1.76. The van der Waals surface area contributed by atoms with Crippen LogP contribution in [0.4, 0.5) is 0 Å². The second kappa shape index (κ2) is 7.82. The fourth-order valence-corrected chi connectivity index (χ4v) is 2.70. The van der Waals surface area contributed by atoms with Crippen LogP contribution in [0, 0.1) is 0 Å². The van der Waals surface area contributed by atoms with E-state index in [1.165, 1.54) is 0 Å². The Kier molecular flexibility index (Phi) is 6.75. The van der Waals surface area contributed by atoms with Crippen molar-refractivity contribution < 1.29 is 14.6 Å². The number of ether oxygens (including phenoxy) is 1. The molecule has 1 heterocycles. The summed E-state index contributed by atoms with van der Waals surface area (Å²) in [5.74, 6) is -0.756. The Hall–Kier alpha value is -0.650. The maximum absolute atomic E-state index is 11.2. The highest BCUT2D eigenvalue weighted by atomic mass is 16.5. The number of rotatable bonds is 7. The Balaban J connectivity index is 2.40. The molecule has 5 heteroatoms. The van der Waals surface area contributed by atoms with Crippen molar-refractivity contribution in [1.82, 2.24) is 10.2 Å². The largest absolute Gasteiger partial charge is 0.480 e. The van der Waals surface area contributed by atoms with Crippen LogP contribution in [0.25, 0.3) is 0 Å². The summed E-state index contributed by atoms with van der Waals surface area (Å²) in [6, 6.07) is 0.206. The fraction of sp³-hybridized carbons (Fsp3) is 0.929. The van der Waals surface area contributed by atoms with E-state index in [0.717, 1.165) is 25.9 Å². The maximum Gasteiger partial charge on any atom is 0.320 e. The van der Waals surface area contributed by atoms with E-state index in [2.05, 4.69) is 17.1 Å². The van der Waals surface area contributed by atoms with Gasteiger partial charge in [-0.15, -0.1) is 0 Å². The molecular weight excluding hydrogens is 244 g/mol. The van der Waals surface area contributed by atoms with Crippen LogP contribution in [0.5, 0.6) is 0 Å². The van der Waals surface area contributed by atoms with Crippen LogP contribution in [0.15, 0.2) is 0 Å². The molecule has 112 valence electrons. The van der Waals surface area contributed by atoms with Crippen molar-refractivity contribution in [2.24, 2.45) is 0 Å². The Labute approximate surface area is 116 Å². The number of aliphatic carboxylic acids is 1. The lowest BCUT2D eigenvalue weighted by molar-refractivity contribution is -0.140. The second-order valence-corrected chi connectivity index (χ2v) is 5.77. The van der Waals surface area contributed by atoms with E-state index in [9.17, 15) is 9.90 Å². The van der Waals surface area contributed by atoms with Crippen molar-refractivity contribution >= 4 is 5.97 Å². The minimum absolute atomic E-state index is 0.192. The number of hydrogen-bond acceptors (Lipinski definition) is 4. The van der Waals surface area contributed by atoms with Crippen LogP contribution in [0.3, 0.4) is 0 Å². The van der Waals surface area contributed by atoms with Gasteiger partial charge in [0.25, 0.3) is 0 Å². The van der Waals surface area contributed by atoms with Crippen molar-refractivity contribution in [3.05, 3.63) is 0 Å². The van der Waals surface area contributed by atoms with Crippen molar-refractivity contribution in [3.8, 4) is 0 Å². The van der Waals surface area contributed by atoms with Crippen LogP contribution < -0.4 is 5.32 Å². The zero-order valence-electron chi connectivity index (χ0n) is 12.6. The molecule has 0 spiro atoms. The van der Waals surface area contributed by atoms with Gasteiger partial charge in [-0.2, -0.15) is 0 Å². The molecule has 0 radical (unpaired) electrons. The fourth-order valence-electron chi connectivity index (χ4n) is 2.70. The first-order chi connectivity index (χ1) is 8.93. The number of likely N-dealkylation sites (tertiary alicyclic amines) is 1. The molecular formula is C14H28N2O3. The number of piperidine rings is 1. The predicted octanol–water partition coefficient (Wildman–Crippen LogP) is 1.33. The number of nitrogens with one attached hydrogen (secondary N) is 1. The molecule has 2 N–H and O–H groups in total. The van der Waals surface area contributed by atoms with E-state index in [4.69, 9.17) is 4.74 Å². The lowest BCUT2D eigenvalue weighted by atomic mass is 10.00. The topological polar surface area (TPSA) is 61.8 Å². The Morgan fingerprint density at radius 1 is 1.53 bits per heavy atom. The highest BCUT2D eigenvalue weighted by molar-refractivity contribution is 5.73. The van der Waals surface area contributed by atoms with Crippen molar-refractivity contribution in [3.63, 3.8) is 0 Å². The summed E-state index contributed by atoms with van der Waals surface area (Å²) < 4.78 is 5.39. The third-order valence-electron chi connectivity index (χ3n) is 3.84. The van der Waals surface area contributed by atoms with Gasteiger partial charge >= 0.3 is 5.97 Å². The van der Waals surface area contributed by atoms with Gasteiger partial charge in [0.2, 0.25) is 0 Å². The SMILES string of the molecule is COC1CCN(CCC(NC(C)C)C(=O)O)C(C)C1. The molecule has 0 aliphatic carbocycles. The van der Waals surface area contributed by atoms with Crippen LogP contribution in [-0.2, 0) is 9.53 Å². The summed E-state index contributed by atoms with van der Waals surface area (Å²) >= 11 is 0. The third-order valence-corrected chi connectivity index (χ3v) is 3.84. The second-order valence-electron chi connectivity index (χ2n) is 5.77. The van der Waals surface area contributed by atoms with E-state index < -0.39 is 12.0 Å². The molecule has 0 saturated carbocycles. The third kappa shape index (κ3) is 5.47. The molecule has 19 heavy (non-hydrogen) atoms. The average molecular weight is 272 g/mol. The molecule has 0 aromatic heterocycles. The van der Waals surface area contributed by atoms with Crippen LogP contribution in [-0.4, -0.2) is 60.4 Å². The van der Waals surface area contributed by atoms with Crippen LogP contribution in [0.1, 0.15) is 40.0 Å². The van der Waals surface area contributed by atoms with E-state index in [1.54, 1.807) is 7.11 Å². The van der Waals surface area contributed by atoms with Gasteiger partial charge in [0.1, 0.15) is 6.04 Å². The van der Waals surface area contributed by atoms with Crippen LogP contribution in [0.2, 0.25) is 0 Å². The van der Waals surface area contributed by atoms with Crippen molar-refractivity contribution in [1.29, 1.82) is 0 Å². The first-order valence-electron chi connectivity index (χ1n) is 7.19. The van der Waals surface area contributed by atoms with Crippen LogP contribution >= 0.6 is 0 Å². The number of carboxylic acids is 1. The van der Waals surface area contributed by atoms with E-state index in [0.29, 0.717) is 18.6 Å². The standard InChI is InChI=1S/C14H28N2O3/c1-10(2)15-13(14(17)18)6-8-16-7-5-12(19-4)9-11(16)3/h10-13,15H,5-9H2,1-4H3,(H,17,18). The highest BCUT2D eigenvalue weighted by Gasteiger charge is 2.26. The molecule has 1 saturated heterocycles. The number of nitrogens with zero attached hydrogens (tertiary/aromatic N) is 1. The van der Waals surface area contributed by atoms with Gasteiger partial charge in [-0.25, -0.2) is 0 Å². The molecule has 1 aliphatic heterocycles. The van der Waals surface area contributed by atoms with E-state index in [1.807, 2.05) is 13.8 Å². The Bertz CT molecular complexity index is 284. The molecule has 1 aliphatic rings. The number of methoxy groups -OCH3 is 1. The monoisotopic (exact) mass is 272 g/mol. The molecule has 0 aromatic rings. The minimum atomic E-state index is -0.756. The molecule has 3 atom stereocenters. The summed E-state index contributed by atoms with van der Waals surface area (Å²) in [6.45, 7) is 7.96. The highest BCUT2D eigenvalue weighted by Crippen LogP contribution is 2.19. The molecule has 1 rings (SSSR count). The lowest BCUT2D eigenvalue weighted by Crippen LogP contribution is -2.47. The molecule has 1 fully saturated rings. The normalized spacial score (nSPS) is 26.6. The minimum Gasteiger partial charge on any atom is -0.480 e. The van der Waals surface area contributed by atoms with Crippen molar-refractivity contribution in [2.75, 3.05) is 20.2 Å². The Morgan fingerprint density at radius 2 is 2.21 bits per heavy atom. The van der Waals surface area contributed by atoms with E-state index >= 15 is 0 Å². The average Bonchev–Trinajstić information content (AvgIpc) is 2.34. The number of carboxylic acid groups (broad SMARTS) is 1. The zero-order valence-corrected chi connectivity index (χ0v) is 12.6.